The molecule has 0 aliphatic carbocycles. The van der Waals surface area contributed by atoms with Crippen LogP contribution in [0.5, 0.6) is 0 Å². The summed E-state index contributed by atoms with van der Waals surface area (Å²) < 4.78 is 0.715. The molecule has 1 heterocycles. The van der Waals surface area contributed by atoms with E-state index in [9.17, 15) is 4.79 Å². The standard InChI is InChI=1S/C10H9IN2O/c11-7-9-8(3-2-6-13-9)10(14)4-1-5-12/h2-3,6H,1,4,7H2. The zero-order chi connectivity index (χ0) is 10.4. The molecule has 0 saturated heterocycles. The van der Waals surface area contributed by atoms with Crippen LogP contribution in [0.2, 0.25) is 0 Å². The van der Waals surface area contributed by atoms with Crippen LogP contribution in [0.3, 0.4) is 0 Å². The van der Waals surface area contributed by atoms with E-state index in [0.717, 1.165) is 5.69 Å². The highest BCUT2D eigenvalue weighted by molar-refractivity contribution is 14.1. The minimum Gasteiger partial charge on any atom is -0.294 e. The number of aromatic nitrogens is 1. The van der Waals surface area contributed by atoms with Crippen molar-refractivity contribution < 1.29 is 4.79 Å². The van der Waals surface area contributed by atoms with E-state index < -0.39 is 0 Å². The molecular formula is C10H9IN2O. The lowest BCUT2D eigenvalue weighted by Crippen LogP contribution is -2.03. The molecule has 72 valence electrons. The fourth-order valence-electron chi connectivity index (χ4n) is 1.10. The van der Waals surface area contributed by atoms with Crippen molar-refractivity contribution in [2.24, 2.45) is 0 Å². The third-order valence-electron chi connectivity index (χ3n) is 1.78. The van der Waals surface area contributed by atoms with E-state index in [4.69, 9.17) is 5.26 Å². The van der Waals surface area contributed by atoms with Gasteiger partial charge < -0.3 is 0 Å². The molecule has 3 nitrogen and oxygen atoms in total. The molecule has 0 amide bonds. The molecule has 0 aliphatic heterocycles. The molecule has 0 N–H and O–H groups in total. The van der Waals surface area contributed by atoms with Gasteiger partial charge in [0.05, 0.1) is 11.8 Å². The van der Waals surface area contributed by atoms with Gasteiger partial charge in [-0.05, 0) is 12.1 Å². The molecular weight excluding hydrogens is 291 g/mol. The van der Waals surface area contributed by atoms with E-state index in [-0.39, 0.29) is 18.6 Å². The number of nitrogens with zero attached hydrogens (tertiary/aromatic N) is 2. The zero-order valence-electron chi connectivity index (χ0n) is 7.53. The first-order valence-corrected chi connectivity index (χ1v) is 5.72. The average Bonchev–Trinajstić information content (AvgIpc) is 2.25. The predicted molar refractivity (Wildman–Crippen MR) is 61.1 cm³/mol. The Balaban J connectivity index is 2.84. The van der Waals surface area contributed by atoms with Crippen molar-refractivity contribution in [1.82, 2.24) is 4.98 Å². The maximum absolute atomic E-state index is 11.6. The first kappa shape index (κ1) is 11.1. The normalized spacial score (nSPS) is 9.43. The van der Waals surface area contributed by atoms with Gasteiger partial charge in [-0.2, -0.15) is 5.26 Å². The van der Waals surface area contributed by atoms with Crippen LogP contribution in [0.15, 0.2) is 18.3 Å². The van der Waals surface area contributed by atoms with Crippen LogP contribution in [0, 0.1) is 11.3 Å². The van der Waals surface area contributed by atoms with Crippen molar-refractivity contribution >= 4 is 28.4 Å². The quantitative estimate of drug-likeness (QED) is 0.488. The number of halogens is 1. The molecule has 0 spiro atoms. The third-order valence-corrected chi connectivity index (χ3v) is 2.50. The molecule has 4 heteroatoms. The highest BCUT2D eigenvalue weighted by Crippen LogP contribution is 2.12. The van der Waals surface area contributed by atoms with Crippen LogP contribution in [0.4, 0.5) is 0 Å². The van der Waals surface area contributed by atoms with Crippen molar-refractivity contribution in [2.45, 2.75) is 17.3 Å². The second kappa shape index (κ2) is 5.70. The molecule has 1 aromatic heterocycles. The second-order valence-corrected chi connectivity index (χ2v) is 3.48. The van der Waals surface area contributed by atoms with Crippen LogP contribution in [-0.4, -0.2) is 10.8 Å². The van der Waals surface area contributed by atoms with Gasteiger partial charge in [-0.3, -0.25) is 9.78 Å². The first-order valence-electron chi connectivity index (χ1n) is 4.19. The summed E-state index contributed by atoms with van der Waals surface area (Å²) in [5, 5.41) is 8.37. The number of carbonyl (C=O) groups excluding carboxylic acids is 1. The van der Waals surface area contributed by atoms with Gasteiger partial charge in [0.1, 0.15) is 0 Å². The third kappa shape index (κ3) is 2.77. The highest BCUT2D eigenvalue weighted by atomic mass is 127. The largest absolute Gasteiger partial charge is 0.294 e. The van der Waals surface area contributed by atoms with Crippen molar-refractivity contribution in [3.05, 3.63) is 29.6 Å². The van der Waals surface area contributed by atoms with Gasteiger partial charge in [-0.1, -0.05) is 22.6 Å². The maximum atomic E-state index is 11.6. The lowest BCUT2D eigenvalue weighted by molar-refractivity contribution is 0.0983. The number of pyridine rings is 1. The molecule has 0 radical (unpaired) electrons. The molecule has 14 heavy (non-hydrogen) atoms. The van der Waals surface area contributed by atoms with Gasteiger partial charge in [0.15, 0.2) is 5.78 Å². The number of hydrogen-bond acceptors (Lipinski definition) is 3. The first-order chi connectivity index (χ1) is 6.79. The Labute approximate surface area is 96.3 Å². The van der Waals surface area contributed by atoms with Gasteiger partial charge >= 0.3 is 0 Å². The molecule has 0 atom stereocenters. The minimum absolute atomic E-state index is 0.00585. The van der Waals surface area contributed by atoms with E-state index in [1.54, 1.807) is 18.3 Å². The molecule has 0 bridgehead atoms. The number of rotatable bonds is 4. The summed E-state index contributed by atoms with van der Waals surface area (Å²) in [5.74, 6) is 0.00585. The van der Waals surface area contributed by atoms with Gasteiger partial charge in [0.2, 0.25) is 0 Å². The summed E-state index contributed by atoms with van der Waals surface area (Å²) in [6.45, 7) is 0. The zero-order valence-corrected chi connectivity index (χ0v) is 9.69. The smallest absolute Gasteiger partial charge is 0.165 e. The summed E-state index contributed by atoms with van der Waals surface area (Å²) in [7, 11) is 0. The summed E-state index contributed by atoms with van der Waals surface area (Å²) >= 11 is 2.17. The predicted octanol–water partition coefficient (Wildman–Crippen LogP) is 2.50. The summed E-state index contributed by atoms with van der Waals surface area (Å²) in [6, 6.07) is 5.47. The van der Waals surface area contributed by atoms with E-state index in [2.05, 4.69) is 27.6 Å². The molecule has 1 aromatic rings. The molecule has 0 aliphatic rings. The van der Waals surface area contributed by atoms with Crippen LogP contribution < -0.4 is 0 Å². The van der Waals surface area contributed by atoms with Gasteiger partial charge in [0, 0.05) is 29.0 Å². The Kier molecular flexibility index (Phi) is 4.53. The number of nitriles is 1. The second-order valence-electron chi connectivity index (χ2n) is 2.71. The van der Waals surface area contributed by atoms with E-state index in [0.29, 0.717) is 9.99 Å². The minimum atomic E-state index is 0.00585. The van der Waals surface area contributed by atoms with Crippen molar-refractivity contribution in [2.75, 3.05) is 0 Å². The lowest BCUT2D eigenvalue weighted by Gasteiger charge is -2.02. The van der Waals surface area contributed by atoms with Crippen molar-refractivity contribution in [3.63, 3.8) is 0 Å². The number of Topliss-reactive ketones (excluding diaryl/α,β-unsaturated/α-hetero) is 1. The topological polar surface area (TPSA) is 53.8 Å². The van der Waals surface area contributed by atoms with Crippen LogP contribution in [0.25, 0.3) is 0 Å². The van der Waals surface area contributed by atoms with Crippen molar-refractivity contribution in [3.8, 4) is 6.07 Å². The molecule has 0 fully saturated rings. The number of alkyl halides is 1. The molecule has 0 saturated carbocycles. The molecule has 0 unspecified atom stereocenters. The highest BCUT2D eigenvalue weighted by Gasteiger charge is 2.10. The van der Waals surface area contributed by atoms with Gasteiger partial charge in [-0.25, -0.2) is 0 Å². The lowest BCUT2D eigenvalue weighted by atomic mass is 10.1. The van der Waals surface area contributed by atoms with Crippen LogP contribution >= 0.6 is 22.6 Å². The number of ketones is 1. The Hall–Kier alpha value is -0.960. The fourth-order valence-corrected chi connectivity index (χ4v) is 1.71. The van der Waals surface area contributed by atoms with Crippen LogP contribution in [-0.2, 0) is 4.43 Å². The number of hydrogen-bond donors (Lipinski definition) is 0. The fraction of sp³-hybridized carbons (Fsp3) is 0.300. The maximum Gasteiger partial charge on any atom is 0.165 e. The van der Waals surface area contributed by atoms with E-state index >= 15 is 0 Å². The Morgan fingerprint density at radius 3 is 3.07 bits per heavy atom. The Bertz CT molecular complexity index is 371. The van der Waals surface area contributed by atoms with Gasteiger partial charge in [-0.15, -0.1) is 0 Å². The monoisotopic (exact) mass is 300 g/mol. The Morgan fingerprint density at radius 2 is 2.43 bits per heavy atom. The van der Waals surface area contributed by atoms with Crippen molar-refractivity contribution in [1.29, 1.82) is 5.26 Å². The summed E-state index contributed by atoms with van der Waals surface area (Å²) in [4.78, 5) is 15.7. The van der Waals surface area contributed by atoms with E-state index in [1.807, 2.05) is 6.07 Å². The van der Waals surface area contributed by atoms with Gasteiger partial charge in [0.25, 0.3) is 0 Å². The van der Waals surface area contributed by atoms with Crippen LogP contribution in [0.1, 0.15) is 28.9 Å². The summed E-state index contributed by atoms with van der Waals surface area (Å²) in [5.41, 5.74) is 1.45. The summed E-state index contributed by atoms with van der Waals surface area (Å²) in [6.07, 6.45) is 2.23. The average molecular weight is 300 g/mol. The number of carbonyl (C=O) groups is 1. The molecule has 1 rings (SSSR count). The SMILES string of the molecule is N#CCCC(=O)c1cccnc1CI. The molecule has 0 aromatic carbocycles. The Morgan fingerprint density at radius 1 is 1.64 bits per heavy atom. The van der Waals surface area contributed by atoms with E-state index in [1.165, 1.54) is 0 Å².